The molecule has 0 fully saturated rings. The minimum atomic E-state index is 0.0941. The standard InChI is InChI=1S/C24H29N3O/c1-19-18-22(21-13-7-8-14-23(21)25-19)24(28)27(17-16-26(2)3)15-9-12-20-10-5-4-6-11-20/h4-8,10-11,13-14,18H,9,12,15-17H2,1-3H3. The van der Waals surface area contributed by atoms with Gasteiger partial charge in [-0.3, -0.25) is 9.78 Å². The summed E-state index contributed by atoms with van der Waals surface area (Å²) >= 11 is 0. The third-order valence-corrected chi connectivity index (χ3v) is 4.92. The fourth-order valence-corrected chi connectivity index (χ4v) is 3.41. The van der Waals surface area contributed by atoms with Gasteiger partial charge in [0, 0.05) is 30.7 Å². The van der Waals surface area contributed by atoms with Crippen molar-refractivity contribution < 1.29 is 4.79 Å². The van der Waals surface area contributed by atoms with Crippen molar-refractivity contribution in [1.29, 1.82) is 0 Å². The Morgan fingerprint density at radius 1 is 0.929 bits per heavy atom. The molecule has 0 bridgehead atoms. The van der Waals surface area contributed by atoms with Crippen LogP contribution in [0.3, 0.4) is 0 Å². The van der Waals surface area contributed by atoms with Gasteiger partial charge in [-0.1, -0.05) is 48.5 Å². The molecule has 0 unspecified atom stereocenters. The number of likely N-dealkylation sites (N-methyl/N-ethyl adjacent to an activating group) is 1. The molecule has 4 nitrogen and oxygen atoms in total. The van der Waals surface area contributed by atoms with Crippen LogP contribution in [0.25, 0.3) is 10.9 Å². The summed E-state index contributed by atoms with van der Waals surface area (Å²) in [5, 5.41) is 0.927. The van der Waals surface area contributed by atoms with Crippen LogP contribution in [0.5, 0.6) is 0 Å². The maximum Gasteiger partial charge on any atom is 0.254 e. The molecule has 0 saturated heterocycles. The van der Waals surface area contributed by atoms with Gasteiger partial charge in [0.25, 0.3) is 5.91 Å². The van der Waals surface area contributed by atoms with E-state index in [1.807, 2.05) is 62.3 Å². The molecule has 0 aliphatic carbocycles. The van der Waals surface area contributed by atoms with E-state index in [9.17, 15) is 4.79 Å². The number of nitrogens with zero attached hydrogens (tertiary/aromatic N) is 3. The van der Waals surface area contributed by atoms with Gasteiger partial charge in [-0.15, -0.1) is 0 Å². The number of benzene rings is 2. The van der Waals surface area contributed by atoms with Crippen molar-refractivity contribution in [3.63, 3.8) is 0 Å². The van der Waals surface area contributed by atoms with Crippen molar-refractivity contribution in [2.75, 3.05) is 33.7 Å². The Balaban J connectivity index is 1.80. The summed E-state index contributed by atoms with van der Waals surface area (Å²) in [6.45, 7) is 4.26. The van der Waals surface area contributed by atoms with E-state index in [1.54, 1.807) is 0 Å². The summed E-state index contributed by atoms with van der Waals surface area (Å²) < 4.78 is 0. The molecule has 3 aromatic rings. The highest BCUT2D eigenvalue weighted by Gasteiger charge is 2.19. The lowest BCUT2D eigenvalue weighted by Gasteiger charge is -2.25. The number of rotatable bonds is 8. The van der Waals surface area contributed by atoms with Gasteiger partial charge in [-0.25, -0.2) is 0 Å². The number of hydrogen-bond donors (Lipinski definition) is 0. The Morgan fingerprint density at radius 2 is 1.64 bits per heavy atom. The smallest absolute Gasteiger partial charge is 0.254 e. The Labute approximate surface area is 167 Å². The SMILES string of the molecule is Cc1cc(C(=O)N(CCCc2ccccc2)CCN(C)C)c2ccccc2n1. The molecule has 0 radical (unpaired) electrons. The van der Waals surface area contributed by atoms with Gasteiger partial charge in [0.1, 0.15) is 0 Å². The van der Waals surface area contributed by atoms with Crippen molar-refractivity contribution in [3.8, 4) is 0 Å². The van der Waals surface area contributed by atoms with E-state index >= 15 is 0 Å². The van der Waals surface area contributed by atoms with Crippen molar-refractivity contribution in [3.05, 3.63) is 77.5 Å². The lowest BCUT2D eigenvalue weighted by Crippen LogP contribution is -2.37. The van der Waals surface area contributed by atoms with Crippen molar-refractivity contribution >= 4 is 16.8 Å². The maximum atomic E-state index is 13.4. The zero-order chi connectivity index (χ0) is 19.9. The molecule has 0 N–H and O–H groups in total. The summed E-state index contributed by atoms with van der Waals surface area (Å²) in [4.78, 5) is 22.1. The molecule has 0 aliphatic rings. The highest BCUT2D eigenvalue weighted by atomic mass is 16.2. The van der Waals surface area contributed by atoms with E-state index in [0.29, 0.717) is 0 Å². The number of amides is 1. The molecule has 1 aromatic heterocycles. The van der Waals surface area contributed by atoms with E-state index in [2.05, 4.69) is 34.1 Å². The lowest BCUT2D eigenvalue weighted by atomic mass is 10.1. The molecule has 1 heterocycles. The Bertz CT molecular complexity index is 922. The second-order valence-corrected chi connectivity index (χ2v) is 7.51. The van der Waals surface area contributed by atoms with Crippen LogP contribution in [0.2, 0.25) is 0 Å². The zero-order valence-electron chi connectivity index (χ0n) is 17.1. The van der Waals surface area contributed by atoms with Gasteiger partial charge in [-0.2, -0.15) is 0 Å². The Hall–Kier alpha value is -2.72. The van der Waals surface area contributed by atoms with E-state index < -0.39 is 0 Å². The topological polar surface area (TPSA) is 36.4 Å². The molecule has 2 aromatic carbocycles. The predicted octanol–water partition coefficient (Wildman–Crippen LogP) is 4.18. The lowest BCUT2D eigenvalue weighted by molar-refractivity contribution is 0.0745. The number of para-hydroxylation sites is 1. The predicted molar refractivity (Wildman–Crippen MR) is 116 cm³/mol. The number of aromatic nitrogens is 1. The number of pyridine rings is 1. The first-order chi connectivity index (χ1) is 13.5. The van der Waals surface area contributed by atoms with Gasteiger partial charge < -0.3 is 9.80 Å². The van der Waals surface area contributed by atoms with Gasteiger partial charge in [-0.05, 0) is 51.6 Å². The number of carbonyl (C=O) groups is 1. The van der Waals surface area contributed by atoms with Crippen LogP contribution in [0, 0.1) is 6.92 Å². The normalized spacial score (nSPS) is 11.1. The molecule has 28 heavy (non-hydrogen) atoms. The molecular weight excluding hydrogens is 346 g/mol. The summed E-state index contributed by atoms with van der Waals surface area (Å²) in [5.74, 6) is 0.0941. The minimum Gasteiger partial charge on any atom is -0.337 e. The second-order valence-electron chi connectivity index (χ2n) is 7.51. The first-order valence-electron chi connectivity index (χ1n) is 9.89. The average Bonchev–Trinajstić information content (AvgIpc) is 2.70. The number of fused-ring (bicyclic) bond motifs is 1. The van der Waals surface area contributed by atoms with Gasteiger partial charge >= 0.3 is 0 Å². The number of hydrogen-bond acceptors (Lipinski definition) is 3. The van der Waals surface area contributed by atoms with Crippen LogP contribution < -0.4 is 0 Å². The molecule has 0 saturated carbocycles. The van der Waals surface area contributed by atoms with E-state index in [4.69, 9.17) is 0 Å². The van der Waals surface area contributed by atoms with Crippen LogP contribution in [-0.2, 0) is 6.42 Å². The van der Waals surface area contributed by atoms with Gasteiger partial charge in [0.15, 0.2) is 0 Å². The van der Waals surface area contributed by atoms with Crippen LogP contribution in [0.4, 0.5) is 0 Å². The summed E-state index contributed by atoms with van der Waals surface area (Å²) in [6.07, 6.45) is 1.92. The van der Waals surface area contributed by atoms with Crippen molar-refractivity contribution in [2.45, 2.75) is 19.8 Å². The first kappa shape index (κ1) is 20.0. The van der Waals surface area contributed by atoms with Crippen LogP contribution in [0.1, 0.15) is 28.0 Å². The second kappa shape index (κ2) is 9.47. The number of carbonyl (C=O) groups excluding carboxylic acids is 1. The van der Waals surface area contributed by atoms with Gasteiger partial charge in [0.2, 0.25) is 0 Å². The van der Waals surface area contributed by atoms with Crippen molar-refractivity contribution in [2.24, 2.45) is 0 Å². The minimum absolute atomic E-state index is 0.0941. The quantitative estimate of drug-likeness (QED) is 0.593. The Kier molecular flexibility index (Phi) is 6.77. The van der Waals surface area contributed by atoms with Crippen molar-refractivity contribution in [1.82, 2.24) is 14.8 Å². The van der Waals surface area contributed by atoms with E-state index in [-0.39, 0.29) is 5.91 Å². The molecule has 0 aliphatic heterocycles. The molecule has 0 spiro atoms. The molecule has 4 heteroatoms. The average molecular weight is 376 g/mol. The van der Waals surface area contributed by atoms with Crippen LogP contribution in [-0.4, -0.2) is 54.4 Å². The third-order valence-electron chi connectivity index (χ3n) is 4.92. The number of aryl methyl sites for hydroxylation is 2. The van der Waals surface area contributed by atoms with E-state index in [0.717, 1.165) is 54.6 Å². The van der Waals surface area contributed by atoms with E-state index in [1.165, 1.54) is 5.56 Å². The summed E-state index contributed by atoms with van der Waals surface area (Å²) in [5.41, 5.74) is 3.82. The van der Waals surface area contributed by atoms with Gasteiger partial charge in [0.05, 0.1) is 11.1 Å². The zero-order valence-corrected chi connectivity index (χ0v) is 17.1. The molecular formula is C24H29N3O. The fraction of sp³-hybridized carbons (Fsp3) is 0.333. The highest BCUT2D eigenvalue weighted by Crippen LogP contribution is 2.20. The van der Waals surface area contributed by atoms with Crippen LogP contribution in [0.15, 0.2) is 60.7 Å². The fourth-order valence-electron chi connectivity index (χ4n) is 3.41. The highest BCUT2D eigenvalue weighted by molar-refractivity contribution is 6.06. The largest absolute Gasteiger partial charge is 0.337 e. The summed E-state index contributed by atoms with van der Waals surface area (Å²) in [6, 6.07) is 20.3. The molecule has 3 rings (SSSR count). The van der Waals surface area contributed by atoms with Crippen LogP contribution >= 0.6 is 0 Å². The third kappa shape index (κ3) is 5.17. The maximum absolute atomic E-state index is 13.4. The molecule has 1 amide bonds. The Morgan fingerprint density at radius 3 is 2.39 bits per heavy atom. The molecule has 146 valence electrons. The summed E-state index contributed by atoms with van der Waals surface area (Å²) in [7, 11) is 4.08. The first-order valence-corrected chi connectivity index (χ1v) is 9.89. The monoisotopic (exact) mass is 375 g/mol. The molecule has 0 atom stereocenters.